The van der Waals surface area contributed by atoms with Gasteiger partial charge in [0.25, 0.3) is 0 Å². The predicted octanol–water partition coefficient (Wildman–Crippen LogP) is 5.39. The highest BCUT2D eigenvalue weighted by Gasteiger charge is 2.39. The molecule has 1 aliphatic heterocycles. The Morgan fingerprint density at radius 2 is 2.00 bits per heavy atom. The summed E-state index contributed by atoms with van der Waals surface area (Å²) in [5.41, 5.74) is 5.69. The molecule has 2 atom stereocenters. The van der Waals surface area contributed by atoms with Crippen molar-refractivity contribution in [3.8, 4) is 0 Å². The van der Waals surface area contributed by atoms with Gasteiger partial charge in [0.15, 0.2) is 0 Å². The van der Waals surface area contributed by atoms with Gasteiger partial charge in [0.1, 0.15) is 5.76 Å². The van der Waals surface area contributed by atoms with Gasteiger partial charge in [-0.2, -0.15) is 0 Å². The standard InChI is InChI=1S/C20H22BrNO/c1-13-10-14-8-9-17(21)20-18(23-2)12-22(11-16(13)19(14)20)15-6-4-3-5-7-15/h3-7,12-14H,8-11H2,1-2H3/t13-,14+/m1/s1. The lowest BCUT2D eigenvalue weighted by Crippen LogP contribution is -2.20. The Balaban J connectivity index is 1.89. The average molecular weight is 372 g/mol. The van der Waals surface area contributed by atoms with Crippen LogP contribution in [-0.4, -0.2) is 13.7 Å². The normalized spacial score (nSPS) is 26.9. The third-order valence-electron chi connectivity index (χ3n) is 5.41. The molecule has 0 fully saturated rings. The van der Waals surface area contributed by atoms with E-state index in [1.54, 1.807) is 18.3 Å². The maximum absolute atomic E-state index is 5.82. The monoisotopic (exact) mass is 371 g/mol. The number of nitrogens with zero attached hydrogens (tertiary/aromatic N) is 1. The van der Waals surface area contributed by atoms with Crippen LogP contribution in [0.1, 0.15) is 26.2 Å². The van der Waals surface area contributed by atoms with E-state index in [0.717, 1.165) is 18.7 Å². The van der Waals surface area contributed by atoms with E-state index in [-0.39, 0.29) is 0 Å². The highest BCUT2D eigenvalue weighted by molar-refractivity contribution is 9.11. The van der Waals surface area contributed by atoms with Crippen molar-refractivity contribution in [1.29, 1.82) is 0 Å². The minimum absolute atomic E-state index is 0.652. The summed E-state index contributed by atoms with van der Waals surface area (Å²) in [5, 5.41) is 0. The van der Waals surface area contributed by atoms with Crippen LogP contribution in [0.5, 0.6) is 0 Å². The summed E-state index contributed by atoms with van der Waals surface area (Å²) < 4.78 is 7.12. The summed E-state index contributed by atoms with van der Waals surface area (Å²) in [4.78, 5) is 2.34. The van der Waals surface area contributed by atoms with Gasteiger partial charge in [0.2, 0.25) is 0 Å². The predicted molar refractivity (Wildman–Crippen MR) is 98.4 cm³/mol. The van der Waals surface area contributed by atoms with Gasteiger partial charge >= 0.3 is 0 Å². The fraction of sp³-hybridized carbons (Fsp3) is 0.400. The average Bonchev–Trinajstić information content (AvgIpc) is 2.78. The Bertz CT molecular complexity index is 716. The van der Waals surface area contributed by atoms with Gasteiger partial charge in [-0.1, -0.05) is 41.1 Å². The molecule has 1 heterocycles. The summed E-state index contributed by atoms with van der Waals surface area (Å²) in [7, 11) is 1.79. The molecule has 0 amide bonds. The van der Waals surface area contributed by atoms with Gasteiger partial charge in [-0.25, -0.2) is 0 Å². The van der Waals surface area contributed by atoms with E-state index >= 15 is 0 Å². The number of ether oxygens (including phenoxy) is 1. The smallest absolute Gasteiger partial charge is 0.143 e. The van der Waals surface area contributed by atoms with Crippen molar-refractivity contribution in [2.45, 2.75) is 26.2 Å². The van der Waals surface area contributed by atoms with Gasteiger partial charge in [-0.05, 0) is 54.4 Å². The SMILES string of the molecule is COC1=CN(c2ccccc2)CC2=C3C1=C(Br)CC[C@H]3C[C@H]2C. The van der Waals surface area contributed by atoms with Crippen LogP contribution in [0.3, 0.4) is 0 Å². The first kappa shape index (κ1) is 15.1. The van der Waals surface area contributed by atoms with Gasteiger partial charge in [-0.15, -0.1) is 0 Å². The maximum Gasteiger partial charge on any atom is 0.143 e. The van der Waals surface area contributed by atoms with Crippen LogP contribution in [0.4, 0.5) is 5.69 Å². The van der Waals surface area contributed by atoms with Crippen LogP contribution in [0.25, 0.3) is 0 Å². The summed E-state index contributed by atoms with van der Waals surface area (Å²) >= 11 is 3.83. The number of methoxy groups -OCH3 is 1. The number of hydrogen-bond donors (Lipinski definition) is 0. The molecule has 2 nitrogen and oxygen atoms in total. The number of allylic oxidation sites excluding steroid dienone is 2. The number of benzene rings is 1. The van der Waals surface area contributed by atoms with Gasteiger partial charge in [0.05, 0.1) is 7.11 Å². The molecular weight excluding hydrogens is 350 g/mol. The third kappa shape index (κ3) is 2.46. The zero-order valence-electron chi connectivity index (χ0n) is 13.7. The Kier molecular flexibility index (Phi) is 3.84. The molecular formula is C20H22BrNO. The molecule has 0 saturated heterocycles. The summed E-state index contributed by atoms with van der Waals surface area (Å²) in [6.07, 6.45) is 5.85. The fourth-order valence-electron chi connectivity index (χ4n) is 4.30. The second-order valence-corrected chi connectivity index (χ2v) is 7.71. The van der Waals surface area contributed by atoms with Crippen molar-refractivity contribution in [3.05, 3.63) is 63.5 Å². The summed E-state index contributed by atoms with van der Waals surface area (Å²) in [6, 6.07) is 10.6. The summed E-state index contributed by atoms with van der Waals surface area (Å²) in [5.74, 6) is 2.34. The fourth-order valence-corrected chi connectivity index (χ4v) is 4.93. The van der Waals surface area contributed by atoms with E-state index < -0.39 is 0 Å². The van der Waals surface area contributed by atoms with E-state index in [1.165, 1.54) is 28.6 Å². The van der Waals surface area contributed by atoms with Crippen molar-refractivity contribution >= 4 is 21.6 Å². The van der Waals surface area contributed by atoms with Crippen LogP contribution in [0.15, 0.2) is 63.5 Å². The Morgan fingerprint density at radius 3 is 2.74 bits per heavy atom. The molecule has 3 heteroatoms. The van der Waals surface area contributed by atoms with E-state index in [0.29, 0.717) is 11.8 Å². The van der Waals surface area contributed by atoms with Crippen LogP contribution < -0.4 is 4.90 Å². The second-order valence-electron chi connectivity index (χ2n) is 6.75. The van der Waals surface area contributed by atoms with E-state index in [4.69, 9.17) is 4.74 Å². The molecule has 0 N–H and O–H groups in total. The minimum Gasteiger partial charge on any atom is -0.495 e. The number of rotatable bonds is 2. The quantitative estimate of drug-likeness (QED) is 0.690. The van der Waals surface area contributed by atoms with Crippen molar-refractivity contribution < 1.29 is 4.74 Å². The van der Waals surface area contributed by atoms with Crippen LogP contribution in [0, 0.1) is 11.8 Å². The second kappa shape index (κ2) is 5.86. The number of anilines is 1. The van der Waals surface area contributed by atoms with Gasteiger partial charge in [-0.3, -0.25) is 0 Å². The molecule has 0 radical (unpaired) electrons. The lowest BCUT2D eigenvalue weighted by Gasteiger charge is -2.26. The minimum atomic E-state index is 0.652. The molecule has 1 aromatic carbocycles. The van der Waals surface area contributed by atoms with E-state index in [1.807, 2.05) is 0 Å². The van der Waals surface area contributed by atoms with Crippen molar-refractivity contribution in [1.82, 2.24) is 0 Å². The third-order valence-corrected chi connectivity index (χ3v) is 6.20. The Labute approximate surface area is 146 Å². The molecule has 3 aliphatic rings. The van der Waals surface area contributed by atoms with E-state index in [2.05, 4.69) is 64.3 Å². The highest BCUT2D eigenvalue weighted by Crippen LogP contribution is 2.51. The molecule has 0 unspecified atom stereocenters. The zero-order chi connectivity index (χ0) is 16.0. The molecule has 0 aromatic heterocycles. The number of hydrogen-bond acceptors (Lipinski definition) is 2. The van der Waals surface area contributed by atoms with Gasteiger partial charge < -0.3 is 9.64 Å². The van der Waals surface area contributed by atoms with Crippen LogP contribution >= 0.6 is 15.9 Å². The Morgan fingerprint density at radius 1 is 1.22 bits per heavy atom. The first-order valence-corrected chi connectivity index (χ1v) is 9.18. The molecule has 23 heavy (non-hydrogen) atoms. The van der Waals surface area contributed by atoms with Crippen molar-refractivity contribution in [3.63, 3.8) is 0 Å². The van der Waals surface area contributed by atoms with E-state index in [9.17, 15) is 0 Å². The lowest BCUT2D eigenvalue weighted by molar-refractivity contribution is 0.297. The zero-order valence-corrected chi connectivity index (χ0v) is 15.3. The van der Waals surface area contributed by atoms with Crippen LogP contribution in [0.2, 0.25) is 0 Å². The first-order valence-electron chi connectivity index (χ1n) is 8.39. The van der Waals surface area contributed by atoms with Crippen molar-refractivity contribution in [2.75, 3.05) is 18.6 Å². The largest absolute Gasteiger partial charge is 0.495 e. The Hall–Kier alpha value is -1.48. The van der Waals surface area contributed by atoms with Crippen LogP contribution in [-0.2, 0) is 4.74 Å². The maximum atomic E-state index is 5.82. The highest BCUT2D eigenvalue weighted by atomic mass is 79.9. The lowest BCUT2D eigenvalue weighted by atomic mass is 9.84. The number of para-hydroxylation sites is 1. The van der Waals surface area contributed by atoms with Crippen molar-refractivity contribution in [2.24, 2.45) is 11.8 Å². The molecule has 120 valence electrons. The molecule has 0 saturated carbocycles. The molecule has 0 spiro atoms. The first-order chi connectivity index (χ1) is 11.2. The molecule has 0 bridgehead atoms. The summed E-state index contributed by atoms with van der Waals surface area (Å²) in [6.45, 7) is 3.35. The molecule has 2 aliphatic carbocycles. The topological polar surface area (TPSA) is 12.5 Å². The van der Waals surface area contributed by atoms with Gasteiger partial charge in [0, 0.05) is 28.5 Å². The molecule has 1 aromatic rings. The molecule has 4 rings (SSSR count). The number of halogens is 1.